The Bertz CT molecular complexity index is 724. The summed E-state index contributed by atoms with van der Waals surface area (Å²) in [6, 6.07) is 8.42. The number of amides is 1. The quantitative estimate of drug-likeness (QED) is 0.724. The van der Waals surface area contributed by atoms with E-state index in [1.165, 1.54) is 36.6 Å². The Morgan fingerprint density at radius 1 is 1.27 bits per heavy atom. The van der Waals surface area contributed by atoms with Crippen LogP contribution in [0.4, 0.5) is 0 Å². The molecule has 7 heteroatoms. The predicted molar refractivity (Wildman–Crippen MR) is 103 cm³/mol. The van der Waals surface area contributed by atoms with Crippen molar-refractivity contribution in [2.75, 3.05) is 6.54 Å². The summed E-state index contributed by atoms with van der Waals surface area (Å²) >= 11 is 1.43. The zero-order chi connectivity index (χ0) is 18.5. The second-order valence-corrected chi connectivity index (χ2v) is 8.19. The number of aromatic nitrogens is 4. The van der Waals surface area contributed by atoms with Gasteiger partial charge in [-0.25, -0.2) is 0 Å². The summed E-state index contributed by atoms with van der Waals surface area (Å²) in [6.45, 7) is 6.83. The van der Waals surface area contributed by atoms with Crippen LogP contribution in [0.5, 0.6) is 0 Å². The minimum Gasteiger partial charge on any atom is -0.339 e. The molecule has 0 radical (unpaired) electrons. The van der Waals surface area contributed by atoms with Gasteiger partial charge in [0.25, 0.3) is 0 Å². The van der Waals surface area contributed by atoms with Gasteiger partial charge in [-0.2, -0.15) is 4.68 Å². The van der Waals surface area contributed by atoms with Crippen LogP contribution in [0.3, 0.4) is 0 Å². The van der Waals surface area contributed by atoms with E-state index in [0.717, 1.165) is 25.1 Å². The molecule has 1 unspecified atom stereocenters. The molecule has 1 aliphatic carbocycles. The van der Waals surface area contributed by atoms with Gasteiger partial charge in [0.15, 0.2) is 0 Å². The smallest absolute Gasteiger partial charge is 0.236 e. The van der Waals surface area contributed by atoms with E-state index in [-0.39, 0.29) is 11.2 Å². The molecule has 1 amide bonds. The van der Waals surface area contributed by atoms with Gasteiger partial charge in [0, 0.05) is 12.6 Å². The largest absolute Gasteiger partial charge is 0.339 e. The summed E-state index contributed by atoms with van der Waals surface area (Å²) in [6.07, 6.45) is 5.98. The summed E-state index contributed by atoms with van der Waals surface area (Å²) in [5.41, 5.74) is 2.09. The van der Waals surface area contributed by atoms with Gasteiger partial charge in [0.05, 0.1) is 10.9 Å². The number of rotatable bonds is 6. The van der Waals surface area contributed by atoms with Crippen LogP contribution in [-0.4, -0.2) is 48.9 Å². The number of carbonyl (C=O) groups excluding carboxylic acids is 1. The van der Waals surface area contributed by atoms with E-state index in [2.05, 4.69) is 27.3 Å². The van der Waals surface area contributed by atoms with Crippen molar-refractivity contribution in [1.82, 2.24) is 25.1 Å². The first kappa shape index (κ1) is 18.9. The fourth-order valence-corrected chi connectivity index (χ4v) is 4.41. The highest BCUT2D eigenvalue weighted by Gasteiger charge is 2.29. The number of aryl methyl sites for hydroxylation is 1. The number of hydrogen-bond acceptors (Lipinski definition) is 5. The molecule has 1 aromatic heterocycles. The van der Waals surface area contributed by atoms with Crippen molar-refractivity contribution in [3.05, 3.63) is 29.8 Å². The Kier molecular flexibility index (Phi) is 6.29. The van der Waals surface area contributed by atoms with Crippen LogP contribution in [0.1, 0.15) is 51.5 Å². The van der Waals surface area contributed by atoms with Crippen molar-refractivity contribution in [1.29, 1.82) is 0 Å². The first-order valence-corrected chi connectivity index (χ1v) is 10.3. The molecule has 0 N–H and O–H groups in total. The lowest BCUT2D eigenvalue weighted by Gasteiger charge is -2.35. The lowest BCUT2D eigenvalue weighted by Crippen LogP contribution is -2.44. The molecule has 140 valence electrons. The molecule has 1 aromatic carbocycles. The molecule has 2 aromatic rings. The molecule has 0 aliphatic heterocycles. The van der Waals surface area contributed by atoms with E-state index in [1.54, 1.807) is 4.68 Å². The Morgan fingerprint density at radius 3 is 2.62 bits per heavy atom. The van der Waals surface area contributed by atoms with Gasteiger partial charge >= 0.3 is 0 Å². The van der Waals surface area contributed by atoms with Crippen LogP contribution < -0.4 is 0 Å². The van der Waals surface area contributed by atoms with E-state index in [0.29, 0.717) is 11.2 Å². The highest BCUT2D eigenvalue weighted by molar-refractivity contribution is 8.00. The van der Waals surface area contributed by atoms with E-state index in [1.807, 2.05) is 38.1 Å². The van der Waals surface area contributed by atoms with Gasteiger partial charge in [-0.05, 0) is 56.2 Å². The summed E-state index contributed by atoms with van der Waals surface area (Å²) in [4.78, 5) is 15.1. The summed E-state index contributed by atoms with van der Waals surface area (Å²) in [5, 5.41) is 12.5. The summed E-state index contributed by atoms with van der Waals surface area (Å²) in [7, 11) is 0. The molecule has 1 atom stereocenters. The molecular weight excluding hydrogens is 346 g/mol. The summed E-state index contributed by atoms with van der Waals surface area (Å²) < 4.78 is 1.70. The van der Waals surface area contributed by atoms with Gasteiger partial charge in [-0.15, -0.1) is 5.10 Å². The normalized spacial score (nSPS) is 16.4. The molecule has 1 aliphatic rings. The Balaban J connectivity index is 1.71. The van der Waals surface area contributed by atoms with Crippen LogP contribution in [-0.2, 0) is 4.79 Å². The Hall–Kier alpha value is -1.89. The highest BCUT2D eigenvalue weighted by Crippen LogP contribution is 2.28. The minimum absolute atomic E-state index is 0.183. The van der Waals surface area contributed by atoms with E-state index >= 15 is 0 Å². The second kappa shape index (κ2) is 8.66. The molecule has 1 fully saturated rings. The van der Waals surface area contributed by atoms with Crippen LogP contribution in [0.2, 0.25) is 0 Å². The average Bonchev–Trinajstić information content (AvgIpc) is 3.12. The topological polar surface area (TPSA) is 63.9 Å². The maximum Gasteiger partial charge on any atom is 0.236 e. The lowest BCUT2D eigenvalue weighted by atomic mass is 9.94. The first-order chi connectivity index (χ1) is 12.6. The monoisotopic (exact) mass is 373 g/mol. The highest BCUT2D eigenvalue weighted by atomic mass is 32.2. The maximum atomic E-state index is 13.0. The standard InChI is InChI=1S/C19H27N5OS/c1-4-23(16-8-6-5-7-9-16)18(25)15(3)26-19-20-21-22-24(19)17-12-10-14(2)11-13-17/h10-13,15-16H,4-9H2,1-3H3. The van der Waals surface area contributed by atoms with Crippen LogP contribution in [0.15, 0.2) is 29.4 Å². The zero-order valence-corrected chi connectivity index (χ0v) is 16.6. The zero-order valence-electron chi connectivity index (χ0n) is 15.8. The van der Waals surface area contributed by atoms with Crippen molar-refractivity contribution in [2.45, 2.75) is 69.3 Å². The fraction of sp³-hybridized carbons (Fsp3) is 0.579. The number of nitrogens with zero attached hydrogens (tertiary/aromatic N) is 5. The molecule has 0 spiro atoms. The van der Waals surface area contributed by atoms with Gasteiger partial charge in [0.2, 0.25) is 11.1 Å². The average molecular weight is 374 g/mol. The molecule has 3 rings (SSSR count). The van der Waals surface area contributed by atoms with Gasteiger partial charge in [0.1, 0.15) is 0 Å². The number of tetrazole rings is 1. The molecule has 0 saturated heterocycles. The maximum absolute atomic E-state index is 13.0. The van der Waals surface area contributed by atoms with E-state index < -0.39 is 0 Å². The molecule has 0 bridgehead atoms. The van der Waals surface area contributed by atoms with Crippen LogP contribution in [0, 0.1) is 6.92 Å². The third kappa shape index (κ3) is 4.26. The molecule has 1 saturated carbocycles. The summed E-state index contributed by atoms with van der Waals surface area (Å²) in [5.74, 6) is 0.183. The third-order valence-electron chi connectivity index (χ3n) is 4.99. The van der Waals surface area contributed by atoms with E-state index in [4.69, 9.17) is 0 Å². The third-order valence-corrected chi connectivity index (χ3v) is 6.01. The van der Waals surface area contributed by atoms with Crippen molar-refractivity contribution >= 4 is 17.7 Å². The van der Waals surface area contributed by atoms with Crippen molar-refractivity contribution in [3.63, 3.8) is 0 Å². The number of thioether (sulfide) groups is 1. The molecular formula is C19H27N5OS. The van der Waals surface area contributed by atoms with Crippen LogP contribution >= 0.6 is 11.8 Å². The molecule has 6 nitrogen and oxygen atoms in total. The molecule has 1 heterocycles. The first-order valence-electron chi connectivity index (χ1n) is 9.42. The van der Waals surface area contributed by atoms with Crippen LogP contribution in [0.25, 0.3) is 5.69 Å². The Labute approximate surface area is 159 Å². The van der Waals surface area contributed by atoms with E-state index in [9.17, 15) is 4.79 Å². The second-order valence-electron chi connectivity index (χ2n) is 6.88. The van der Waals surface area contributed by atoms with Gasteiger partial charge in [-0.3, -0.25) is 4.79 Å². The SMILES string of the molecule is CCN(C(=O)C(C)Sc1nnnn1-c1ccc(C)cc1)C1CCCCC1. The lowest BCUT2D eigenvalue weighted by molar-refractivity contribution is -0.133. The fourth-order valence-electron chi connectivity index (χ4n) is 3.53. The van der Waals surface area contributed by atoms with Crippen molar-refractivity contribution in [2.24, 2.45) is 0 Å². The predicted octanol–water partition coefficient (Wildman–Crippen LogP) is 3.63. The number of hydrogen-bond donors (Lipinski definition) is 0. The van der Waals surface area contributed by atoms with Gasteiger partial charge < -0.3 is 4.90 Å². The Morgan fingerprint density at radius 2 is 1.96 bits per heavy atom. The minimum atomic E-state index is -0.216. The number of benzene rings is 1. The number of carbonyl (C=O) groups is 1. The van der Waals surface area contributed by atoms with Crippen molar-refractivity contribution < 1.29 is 4.79 Å². The van der Waals surface area contributed by atoms with Crippen molar-refractivity contribution in [3.8, 4) is 5.69 Å². The van der Waals surface area contributed by atoms with Gasteiger partial charge in [-0.1, -0.05) is 48.7 Å². The molecule has 26 heavy (non-hydrogen) atoms.